The van der Waals surface area contributed by atoms with Crippen molar-refractivity contribution in [2.45, 2.75) is 38.3 Å². The first-order valence-electron chi connectivity index (χ1n) is 7.13. The van der Waals surface area contributed by atoms with E-state index in [1.165, 1.54) is 11.5 Å². The molecule has 2 fully saturated rings. The number of nitrogens with one attached hydrogen (secondary N) is 1. The zero-order chi connectivity index (χ0) is 13.9. The molecule has 1 N–H and O–H groups in total. The van der Waals surface area contributed by atoms with Crippen LogP contribution in [0.25, 0.3) is 0 Å². The van der Waals surface area contributed by atoms with Crippen molar-refractivity contribution in [3.63, 3.8) is 0 Å². The quantitative estimate of drug-likeness (QED) is 0.884. The third-order valence-electron chi connectivity index (χ3n) is 3.79. The van der Waals surface area contributed by atoms with Gasteiger partial charge in [0.2, 0.25) is 11.0 Å². The van der Waals surface area contributed by atoms with Crippen LogP contribution in [0.4, 0.5) is 5.13 Å². The van der Waals surface area contributed by atoms with Gasteiger partial charge in [-0.25, -0.2) is 4.98 Å². The molecular weight excluding hydrogens is 276 g/mol. The molecule has 3 rings (SSSR count). The zero-order valence-corrected chi connectivity index (χ0v) is 12.5. The lowest BCUT2D eigenvalue weighted by atomic mass is 10.1. The Bertz CT molecular complexity index is 467. The first-order chi connectivity index (χ1) is 9.76. The zero-order valence-electron chi connectivity index (χ0n) is 11.7. The van der Waals surface area contributed by atoms with E-state index in [2.05, 4.69) is 19.6 Å². The predicted molar refractivity (Wildman–Crippen MR) is 76.7 cm³/mol. The van der Waals surface area contributed by atoms with E-state index in [9.17, 15) is 4.79 Å². The van der Waals surface area contributed by atoms with Crippen molar-refractivity contribution < 1.29 is 9.53 Å². The molecule has 1 aliphatic heterocycles. The number of aromatic nitrogens is 2. The van der Waals surface area contributed by atoms with Gasteiger partial charge >= 0.3 is 0 Å². The molecule has 0 spiro atoms. The SMILES string of the molecule is COCc1nsc(N2CCC(NC(=O)C3CC3)CC2)n1. The van der Waals surface area contributed by atoms with E-state index in [-0.39, 0.29) is 5.91 Å². The number of amides is 1. The van der Waals surface area contributed by atoms with E-state index >= 15 is 0 Å². The van der Waals surface area contributed by atoms with E-state index in [4.69, 9.17) is 4.74 Å². The van der Waals surface area contributed by atoms with Crippen LogP contribution < -0.4 is 10.2 Å². The van der Waals surface area contributed by atoms with Crippen LogP contribution >= 0.6 is 11.5 Å². The molecule has 0 aromatic carbocycles. The fraction of sp³-hybridized carbons (Fsp3) is 0.769. The minimum atomic E-state index is 0.252. The van der Waals surface area contributed by atoms with Crippen molar-refractivity contribution in [2.75, 3.05) is 25.1 Å². The Balaban J connectivity index is 1.48. The number of rotatable bonds is 5. The predicted octanol–water partition coefficient (Wildman–Crippen LogP) is 1.18. The van der Waals surface area contributed by atoms with Gasteiger partial charge < -0.3 is 15.0 Å². The van der Waals surface area contributed by atoms with Crippen molar-refractivity contribution >= 4 is 22.6 Å². The van der Waals surface area contributed by atoms with Gasteiger partial charge in [0.25, 0.3) is 0 Å². The van der Waals surface area contributed by atoms with E-state index in [1.807, 2.05) is 0 Å². The summed E-state index contributed by atoms with van der Waals surface area (Å²) >= 11 is 1.42. The maximum Gasteiger partial charge on any atom is 0.223 e. The number of piperidine rings is 1. The fourth-order valence-corrected chi connectivity index (χ4v) is 3.17. The van der Waals surface area contributed by atoms with E-state index in [1.54, 1.807) is 7.11 Å². The van der Waals surface area contributed by atoms with Gasteiger partial charge in [-0.3, -0.25) is 4.79 Å². The van der Waals surface area contributed by atoms with Crippen LogP contribution in [-0.4, -0.2) is 41.5 Å². The molecule has 0 radical (unpaired) electrons. The lowest BCUT2D eigenvalue weighted by Crippen LogP contribution is -2.45. The van der Waals surface area contributed by atoms with Gasteiger partial charge in [-0.15, -0.1) is 0 Å². The summed E-state index contributed by atoms with van der Waals surface area (Å²) in [7, 11) is 1.65. The largest absolute Gasteiger partial charge is 0.377 e. The highest BCUT2D eigenvalue weighted by molar-refractivity contribution is 7.09. The molecule has 2 aliphatic rings. The van der Waals surface area contributed by atoms with Gasteiger partial charge in [-0.05, 0) is 25.7 Å². The summed E-state index contributed by atoms with van der Waals surface area (Å²) in [6.07, 6.45) is 4.10. The first-order valence-corrected chi connectivity index (χ1v) is 7.90. The molecule has 110 valence electrons. The molecule has 1 saturated carbocycles. The van der Waals surface area contributed by atoms with E-state index in [0.29, 0.717) is 18.6 Å². The molecule has 1 aromatic heterocycles. The normalized spacial score (nSPS) is 20.1. The van der Waals surface area contributed by atoms with Gasteiger partial charge in [0.15, 0.2) is 5.82 Å². The Morgan fingerprint density at radius 3 is 2.80 bits per heavy atom. The molecule has 0 bridgehead atoms. The highest BCUT2D eigenvalue weighted by Gasteiger charge is 2.32. The minimum absolute atomic E-state index is 0.252. The number of hydrogen-bond acceptors (Lipinski definition) is 6. The lowest BCUT2D eigenvalue weighted by molar-refractivity contribution is -0.123. The van der Waals surface area contributed by atoms with Crippen molar-refractivity contribution in [1.29, 1.82) is 0 Å². The molecule has 1 saturated heterocycles. The summed E-state index contributed by atoms with van der Waals surface area (Å²) < 4.78 is 9.31. The summed E-state index contributed by atoms with van der Waals surface area (Å²) in [5.74, 6) is 1.30. The number of carbonyl (C=O) groups is 1. The molecular formula is C13H20N4O2S. The Labute approximate surface area is 122 Å². The van der Waals surface area contributed by atoms with Crippen molar-refractivity contribution in [3.05, 3.63) is 5.82 Å². The van der Waals surface area contributed by atoms with Gasteiger partial charge in [0, 0.05) is 43.7 Å². The molecule has 1 amide bonds. The van der Waals surface area contributed by atoms with Crippen LogP contribution in [0.3, 0.4) is 0 Å². The van der Waals surface area contributed by atoms with Crippen LogP contribution in [0.1, 0.15) is 31.5 Å². The average molecular weight is 296 g/mol. The highest BCUT2D eigenvalue weighted by Crippen LogP contribution is 2.29. The Morgan fingerprint density at radius 1 is 1.40 bits per heavy atom. The molecule has 20 heavy (non-hydrogen) atoms. The molecule has 7 heteroatoms. The second-order valence-electron chi connectivity index (χ2n) is 5.47. The molecule has 0 atom stereocenters. The maximum absolute atomic E-state index is 11.7. The number of carbonyl (C=O) groups excluding carboxylic acids is 1. The van der Waals surface area contributed by atoms with Crippen LogP contribution in [0, 0.1) is 5.92 Å². The van der Waals surface area contributed by atoms with Gasteiger partial charge in [-0.1, -0.05) is 0 Å². The second kappa shape index (κ2) is 6.05. The van der Waals surface area contributed by atoms with Crippen molar-refractivity contribution in [1.82, 2.24) is 14.7 Å². The lowest BCUT2D eigenvalue weighted by Gasteiger charge is -2.31. The topological polar surface area (TPSA) is 67.3 Å². The summed E-state index contributed by atoms with van der Waals surface area (Å²) in [4.78, 5) is 18.5. The van der Waals surface area contributed by atoms with Gasteiger partial charge in [-0.2, -0.15) is 4.37 Å². The number of hydrogen-bond donors (Lipinski definition) is 1. The van der Waals surface area contributed by atoms with Crippen LogP contribution in [0.15, 0.2) is 0 Å². The minimum Gasteiger partial charge on any atom is -0.377 e. The Morgan fingerprint density at radius 2 is 2.15 bits per heavy atom. The van der Waals surface area contributed by atoms with Gasteiger partial charge in [0.05, 0.1) is 0 Å². The molecule has 1 aliphatic carbocycles. The first kappa shape index (κ1) is 13.8. The molecule has 0 unspecified atom stereocenters. The third-order valence-corrected chi connectivity index (χ3v) is 4.61. The summed E-state index contributed by atoms with van der Waals surface area (Å²) in [5.41, 5.74) is 0. The summed E-state index contributed by atoms with van der Waals surface area (Å²) in [5, 5.41) is 4.12. The van der Waals surface area contributed by atoms with Crippen LogP contribution in [-0.2, 0) is 16.1 Å². The summed E-state index contributed by atoms with van der Waals surface area (Å²) in [6, 6.07) is 0.325. The molecule has 2 heterocycles. The molecule has 6 nitrogen and oxygen atoms in total. The van der Waals surface area contributed by atoms with E-state index < -0.39 is 0 Å². The van der Waals surface area contributed by atoms with Crippen LogP contribution in [0.2, 0.25) is 0 Å². The number of anilines is 1. The van der Waals surface area contributed by atoms with Crippen LogP contribution in [0.5, 0.6) is 0 Å². The average Bonchev–Trinajstić information content (AvgIpc) is 3.21. The second-order valence-corrected chi connectivity index (χ2v) is 6.20. The fourth-order valence-electron chi connectivity index (χ4n) is 2.44. The molecule has 1 aromatic rings. The monoisotopic (exact) mass is 296 g/mol. The van der Waals surface area contributed by atoms with Crippen molar-refractivity contribution in [3.8, 4) is 0 Å². The number of methoxy groups -OCH3 is 1. The Kier molecular flexibility index (Phi) is 4.16. The Hall–Kier alpha value is -1.21. The third kappa shape index (κ3) is 3.27. The number of nitrogens with zero attached hydrogens (tertiary/aromatic N) is 3. The van der Waals surface area contributed by atoms with Gasteiger partial charge in [0.1, 0.15) is 6.61 Å². The maximum atomic E-state index is 11.7. The standard InChI is InChI=1S/C13H20N4O2S/c1-19-8-11-15-13(20-16-11)17-6-4-10(5-7-17)14-12(18)9-2-3-9/h9-10H,2-8H2,1H3,(H,14,18). The smallest absolute Gasteiger partial charge is 0.223 e. The highest BCUT2D eigenvalue weighted by atomic mass is 32.1. The van der Waals surface area contributed by atoms with Crippen molar-refractivity contribution in [2.24, 2.45) is 5.92 Å². The number of ether oxygens (including phenoxy) is 1. The summed E-state index contributed by atoms with van der Waals surface area (Å²) in [6.45, 7) is 2.32. The van der Waals surface area contributed by atoms with E-state index in [0.717, 1.165) is 49.7 Å².